The first kappa shape index (κ1) is 18.0. The molecule has 0 aromatic heterocycles. The molecule has 0 spiro atoms. The van der Waals surface area contributed by atoms with Crippen molar-refractivity contribution in [3.8, 4) is 11.5 Å². The van der Waals surface area contributed by atoms with Gasteiger partial charge in [0.15, 0.2) is 11.5 Å². The van der Waals surface area contributed by atoms with Gasteiger partial charge in [-0.1, -0.05) is 13.0 Å². The molecule has 5 heteroatoms. The van der Waals surface area contributed by atoms with E-state index in [0.29, 0.717) is 11.5 Å². The first-order chi connectivity index (χ1) is 11.5. The standard InChI is InChI=1S/C19H25NO4/c1-13-4-8-16(9-5-13)20-19(22)11-7-15-6-10-17(24-14(2)21)18(12-15)23-3/h6-7,10-13,16H,4-5,8-9H2,1-3H3,(H,20,22)/b11-7+/t13-,16+. The Balaban J connectivity index is 1.95. The molecule has 1 amide bonds. The highest BCUT2D eigenvalue weighted by Gasteiger charge is 2.18. The quantitative estimate of drug-likeness (QED) is 0.511. The Morgan fingerprint density at radius 1 is 1.17 bits per heavy atom. The SMILES string of the molecule is COc1cc(/C=C/C(=O)N[C@H]2CC[C@@H](C)CC2)ccc1OC(C)=O. The van der Waals surface area contributed by atoms with Crippen molar-refractivity contribution >= 4 is 18.0 Å². The fourth-order valence-corrected chi connectivity index (χ4v) is 2.85. The minimum absolute atomic E-state index is 0.0856. The van der Waals surface area contributed by atoms with Crippen LogP contribution in [-0.4, -0.2) is 25.0 Å². The molecule has 0 aliphatic heterocycles. The fourth-order valence-electron chi connectivity index (χ4n) is 2.85. The highest BCUT2D eigenvalue weighted by atomic mass is 16.6. The number of benzene rings is 1. The summed E-state index contributed by atoms with van der Waals surface area (Å²) in [5.74, 6) is 1.09. The van der Waals surface area contributed by atoms with Crippen molar-refractivity contribution in [2.75, 3.05) is 7.11 Å². The van der Waals surface area contributed by atoms with Crippen LogP contribution in [0.5, 0.6) is 11.5 Å². The molecule has 0 saturated heterocycles. The van der Waals surface area contributed by atoms with Gasteiger partial charge in [0.1, 0.15) is 0 Å². The Kier molecular flexibility index (Phi) is 6.41. The van der Waals surface area contributed by atoms with Crippen LogP contribution >= 0.6 is 0 Å². The van der Waals surface area contributed by atoms with Crippen LogP contribution in [0, 0.1) is 5.92 Å². The molecule has 0 unspecified atom stereocenters. The molecule has 1 aromatic rings. The summed E-state index contributed by atoms with van der Waals surface area (Å²) in [7, 11) is 1.51. The summed E-state index contributed by atoms with van der Waals surface area (Å²) in [6.07, 6.45) is 7.68. The van der Waals surface area contributed by atoms with Gasteiger partial charge in [0.25, 0.3) is 0 Å². The number of methoxy groups -OCH3 is 1. The highest BCUT2D eigenvalue weighted by molar-refractivity contribution is 5.92. The van der Waals surface area contributed by atoms with Crippen LogP contribution in [0.4, 0.5) is 0 Å². The first-order valence-corrected chi connectivity index (χ1v) is 8.33. The molecule has 1 aliphatic rings. The van der Waals surface area contributed by atoms with Crippen LogP contribution in [0.1, 0.15) is 45.1 Å². The molecule has 0 bridgehead atoms. The summed E-state index contributed by atoms with van der Waals surface area (Å²) < 4.78 is 10.3. The van der Waals surface area contributed by atoms with Crippen LogP contribution < -0.4 is 14.8 Å². The van der Waals surface area contributed by atoms with E-state index in [1.807, 2.05) is 0 Å². The fraction of sp³-hybridized carbons (Fsp3) is 0.474. The van der Waals surface area contributed by atoms with E-state index >= 15 is 0 Å². The number of rotatable bonds is 5. The Hall–Kier alpha value is -2.30. The lowest BCUT2D eigenvalue weighted by Crippen LogP contribution is -2.36. The van der Waals surface area contributed by atoms with E-state index in [-0.39, 0.29) is 11.9 Å². The first-order valence-electron chi connectivity index (χ1n) is 8.33. The number of nitrogens with one attached hydrogen (secondary N) is 1. The summed E-state index contributed by atoms with van der Waals surface area (Å²) in [5.41, 5.74) is 0.801. The molecule has 1 N–H and O–H groups in total. The summed E-state index contributed by atoms with van der Waals surface area (Å²) in [6, 6.07) is 5.43. The molecule has 1 aliphatic carbocycles. The van der Waals surface area contributed by atoms with E-state index in [2.05, 4.69) is 12.2 Å². The van der Waals surface area contributed by atoms with E-state index in [1.54, 1.807) is 24.3 Å². The number of carbonyl (C=O) groups is 2. The monoisotopic (exact) mass is 331 g/mol. The zero-order valence-corrected chi connectivity index (χ0v) is 14.5. The van der Waals surface area contributed by atoms with Crippen LogP contribution in [0.3, 0.4) is 0 Å². The molecule has 0 atom stereocenters. The molecule has 0 radical (unpaired) electrons. The third kappa shape index (κ3) is 5.41. The van der Waals surface area contributed by atoms with Crippen LogP contribution in [-0.2, 0) is 9.59 Å². The Morgan fingerprint density at radius 3 is 2.50 bits per heavy atom. The van der Waals surface area contributed by atoms with Crippen molar-refractivity contribution in [2.45, 2.75) is 45.6 Å². The highest BCUT2D eigenvalue weighted by Crippen LogP contribution is 2.28. The van der Waals surface area contributed by atoms with E-state index < -0.39 is 5.97 Å². The summed E-state index contributed by atoms with van der Waals surface area (Å²) in [4.78, 5) is 23.1. The zero-order valence-electron chi connectivity index (χ0n) is 14.5. The van der Waals surface area contributed by atoms with Crippen molar-refractivity contribution in [2.24, 2.45) is 5.92 Å². The number of esters is 1. The average Bonchev–Trinajstić information content (AvgIpc) is 2.55. The normalized spacial score (nSPS) is 20.6. The summed E-state index contributed by atoms with van der Waals surface area (Å²) in [5, 5.41) is 3.05. The largest absolute Gasteiger partial charge is 0.493 e. The van der Waals surface area contributed by atoms with Gasteiger partial charge in [-0.05, 0) is 55.4 Å². The van der Waals surface area contributed by atoms with Crippen molar-refractivity contribution < 1.29 is 19.1 Å². The number of carbonyl (C=O) groups excluding carboxylic acids is 2. The molecule has 1 aromatic carbocycles. The van der Waals surface area contributed by atoms with E-state index in [1.165, 1.54) is 33.0 Å². The van der Waals surface area contributed by atoms with Gasteiger partial charge in [0.2, 0.25) is 5.91 Å². The maximum atomic E-state index is 12.0. The molecule has 2 rings (SSSR count). The maximum Gasteiger partial charge on any atom is 0.308 e. The maximum absolute atomic E-state index is 12.0. The molecular formula is C19H25NO4. The second-order valence-electron chi connectivity index (χ2n) is 6.30. The third-order valence-electron chi connectivity index (χ3n) is 4.23. The van der Waals surface area contributed by atoms with Crippen LogP contribution in [0.25, 0.3) is 6.08 Å². The minimum atomic E-state index is -0.405. The third-order valence-corrected chi connectivity index (χ3v) is 4.23. The Morgan fingerprint density at radius 2 is 1.88 bits per heavy atom. The number of hydrogen-bond donors (Lipinski definition) is 1. The van der Waals surface area contributed by atoms with Crippen molar-refractivity contribution in [3.63, 3.8) is 0 Å². The smallest absolute Gasteiger partial charge is 0.308 e. The summed E-state index contributed by atoms with van der Waals surface area (Å²) >= 11 is 0. The van der Waals surface area contributed by atoms with Crippen LogP contribution in [0.2, 0.25) is 0 Å². The zero-order chi connectivity index (χ0) is 17.5. The molecule has 130 valence electrons. The molecule has 0 heterocycles. The van der Waals surface area contributed by atoms with Crippen molar-refractivity contribution in [3.05, 3.63) is 29.8 Å². The molecule has 24 heavy (non-hydrogen) atoms. The van der Waals surface area contributed by atoms with Gasteiger partial charge in [-0.2, -0.15) is 0 Å². The van der Waals surface area contributed by atoms with Gasteiger partial charge in [0.05, 0.1) is 7.11 Å². The molecular weight excluding hydrogens is 306 g/mol. The number of hydrogen-bond acceptors (Lipinski definition) is 4. The van der Waals surface area contributed by atoms with E-state index in [0.717, 1.165) is 24.3 Å². The molecule has 5 nitrogen and oxygen atoms in total. The average molecular weight is 331 g/mol. The van der Waals surface area contributed by atoms with Gasteiger partial charge in [-0.3, -0.25) is 9.59 Å². The lowest BCUT2D eigenvalue weighted by Gasteiger charge is -2.26. The van der Waals surface area contributed by atoms with Gasteiger partial charge >= 0.3 is 5.97 Å². The van der Waals surface area contributed by atoms with E-state index in [4.69, 9.17) is 9.47 Å². The van der Waals surface area contributed by atoms with Crippen molar-refractivity contribution in [1.82, 2.24) is 5.32 Å². The topological polar surface area (TPSA) is 64.6 Å². The van der Waals surface area contributed by atoms with Crippen LogP contribution in [0.15, 0.2) is 24.3 Å². The van der Waals surface area contributed by atoms with Crippen molar-refractivity contribution in [1.29, 1.82) is 0 Å². The Bertz CT molecular complexity index is 616. The number of ether oxygens (including phenoxy) is 2. The Labute approximate surface area is 143 Å². The molecule has 1 saturated carbocycles. The second kappa shape index (κ2) is 8.52. The van der Waals surface area contributed by atoms with Gasteiger partial charge in [-0.15, -0.1) is 0 Å². The lowest BCUT2D eigenvalue weighted by atomic mass is 9.87. The van der Waals surface area contributed by atoms with Gasteiger partial charge in [-0.25, -0.2) is 0 Å². The predicted octanol–water partition coefficient (Wildman–Crippen LogP) is 3.33. The minimum Gasteiger partial charge on any atom is -0.493 e. The van der Waals surface area contributed by atoms with Gasteiger partial charge < -0.3 is 14.8 Å². The lowest BCUT2D eigenvalue weighted by molar-refractivity contribution is -0.132. The number of amides is 1. The molecule has 1 fully saturated rings. The second-order valence-corrected chi connectivity index (χ2v) is 6.30. The van der Waals surface area contributed by atoms with Gasteiger partial charge in [0, 0.05) is 19.0 Å². The summed E-state index contributed by atoms with van der Waals surface area (Å²) in [6.45, 7) is 3.59. The van der Waals surface area contributed by atoms with E-state index in [9.17, 15) is 9.59 Å². The predicted molar refractivity (Wildman–Crippen MR) is 92.9 cm³/mol.